The van der Waals surface area contributed by atoms with E-state index in [9.17, 15) is 9.18 Å². The van der Waals surface area contributed by atoms with Crippen molar-refractivity contribution in [2.75, 3.05) is 11.9 Å². The normalized spacial score (nSPS) is 10.4. The summed E-state index contributed by atoms with van der Waals surface area (Å²) in [5.74, 6) is 0.483. The standard InChI is InChI=1S/C22H22FN3O3/c1-2-28-15-17-5-3-16(4-6-17)13-25-22(27)26-19-9-12-21(24-14-19)29-20-10-7-18(23)8-11-20/h3-12,14H,2,13,15H2,1H3,(H2,25,26,27). The lowest BCUT2D eigenvalue weighted by atomic mass is 10.1. The van der Waals surface area contributed by atoms with E-state index in [0.717, 1.165) is 11.1 Å². The molecule has 6 nitrogen and oxygen atoms in total. The third-order valence-corrected chi connectivity index (χ3v) is 3.98. The SMILES string of the molecule is CCOCc1ccc(CNC(=O)Nc2ccc(Oc3ccc(F)cc3)nc2)cc1. The Morgan fingerprint density at radius 2 is 1.72 bits per heavy atom. The second kappa shape index (κ2) is 10.2. The summed E-state index contributed by atoms with van der Waals surface area (Å²) in [6, 6.07) is 16.5. The van der Waals surface area contributed by atoms with E-state index in [1.807, 2.05) is 31.2 Å². The first-order valence-corrected chi connectivity index (χ1v) is 9.22. The van der Waals surface area contributed by atoms with Gasteiger partial charge >= 0.3 is 6.03 Å². The highest BCUT2D eigenvalue weighted by molar-refractivity contribution is 5.88. The second-order valence-corrected chi connectivity index (χ2v) is 6.20. The van der Waals surface area contributed by atoms with Gasteiger partial charge in [0, 0.05) is 19.2 Å². The smallest absolute Gasteiger partial charge is 0.319 e. The van der Waals surface area contributed by atoms with Gasteiger partial charge in [-0.1, -0.05) is 24.3 Å². The van der Waals surface area contributed by atoms with Crippen LogP contribution >= 0.6 is 0 Å². The number of halogens is 1. The molecule has 0 saturated heterocycles. The van der Waals surface area contributed by atoms with Gasteiger partial charge in [0.05, 0.1) is 18.5 Å². The Morgan fingerprint density at radius 1 is 1.00 bits per heavy atom. The number of ether oxygens (including phenoxy) is 2. The van der Waals surface area contributed by atoms with Crippen LogP contribution in [-0.4, -0.2) is 17.6 Å². The summed E-state index contributed by atoms with van der Waals surface area (Å²) in [6.07, 6.45) is 1.49. The molecule has 3 rings (SSSR count). The van der Waals surface area contributed by atoms with Crippen molar-refractivity contribution in [2.45, 2.75) is 20.1 Å². The number of pyridine rings is 1. The van der Waals surface area contributed by atoms with Crippen LogP contribution in [0.4, 0.5) is 14.9 Å². The fourth-order valence-electron chi connectivity index (χ4n) is 2.47. The Bertz CT molecular complexity index is 914. The number of hydrogen-bond acceptors (Lipinski definition) is 4. The van der Waals surface area contributed by atoms with Crippen LogP contribution in [0.1, 0.15) is 18.1 Å². The minimum absolute atomic E-state index is 0.336. The minimum atomic E-state index is -0.336. The maximum atomic E-state index is 12.9. The fraction of sp³-hybridized carbons (Fsp3) is 0.182. The monoisotopic (exact) mass is 395 g/mol. The van der Waals surface area contributed by atoms with Crippen molar-refractivity contribution in [1.29, 1.82) is 0 Å². The Balaban J connectivity index is 1.46. The van der Waals surface area contributed by atoms with Crippen molar-refractivity contribution in [2.24, 2.45) is 0 Å². The van der Waals surface area contributed by atoms with Crippen LogP contribution in [-0.2, 0) is 17.9 Å². The summed E-state index contributed by atoms with van der Waals surface area (Å²) in [7, 11) is 0. The molecule has 29 heavy (non-hydrogen) atoms. The van der Waals surface area contributed by atoms with Gasteiger partial charge in [-0.15, -0.1) is 0 Å². The molecule has 0 bridgehead atoms. The van der Waals surface area contributed by atoms with Crippen LogP contribution in [0.2, 0.25) is 0 Å². The number of aromatic nitrogens is 1. The summed E-state index contributed by atoms with van der Waals surface area (Å²) in [6.45, 7) is 3.62. The highest BCUT2D eigenvalue weighted by Gasteiger charge is 2.04. The number of rotatable bonds is 8. The zero-order valence-electron chi connectivity index (χ0n) is 16.0. The first-order chi connectivity index (χ1) is 14.1. The summed E-state index contributed by atoms with van der Waals surface area (Å²) < 4.78 is 23.8. The largest absolute Gasteiger partial charge is 0.439 e. The van der Waals surface area contributed by atoms with Gasteiger partial charge in [0.1, 0.15) is 11.6 Å². The number of benzene rings is 2. The van der Waals surface area contributed by atoms with Gasteiger partial charge in [-0.05, 0) is 48.4 Å². The highest BCUT2D eigenvalue weighted by Crippen LogP contribution is 2.20. The molecule has 0 fully saturated rings. The molecule has 150 valence electrons. The molecule has 0 saturated carbocycles. The third-order valence-electron chi connectivity index (χ3n) is 3.98. The average molecular weight is 395 g/mol. The van der Waals surface area contributed by atoms with E-state index in [0.29, 0.717) is 37.1 Å². The minimum Gasteiger partial charge on any atom is -0.439 e. The number of carbonyl (C=O) groups excluding carboxylic acids is 1. The molecule has 0 aliphatic carbocycles. The molecule has 7 heteroatoms. The molecular formula is C22H22FN3O3. The molecule has 2 N–H and O–H groups in total. The van der Waals surface area contributed by atoms with Crippen LogP contribution in [0.5, 0.6) is 11.6 Å². The highest BCUT2D eigenvalue weighted by atomic mass is 19.1. The van der Waals surface area contributed by atoms with Crippen LogP contribution in [0.15, 0.2) is 66.9 Å². The molecule has 0 atom stereocenters. The molecule has 0 spiro atoms. The predicted molar refractivity (Wildman–Crippen MR) is 108 cm³/mol. The van der Waals surface area contributed by atoms with E-state index < -0.39 is 0 Å². The van der Waals surface area contributed by atoms with E-state index in [-0.39, 0.29) is 11.8 Å². The summed E-state index contributed by atoms with van der Waals surface area (Å²) in [4.78, 5) is 16.2. The van der Waals surface area contributed by atoms with E-state index in [1.54, 1.807) is 12.1 Å². The molecular weight excluding hydrogens is 373 g/mol. The van der Waals surface area contributed by atoms with Crippen molar-refractivity contribution in [3.8, 4) is 11.6 Å². The average Bonchev–Trinajstić information content (AvgIpc) is 2.74. The lowest BCUT2D eigenvalue weighted by Crippen LogP contribution is -2.28. The van der Waals surface area contributed by atoms with Crippen LogP contribution in [0.25, 0.3) is 0 Å². The van der Waals surface area contributed by atoms with E-state index in [1.165, 1.54) is 30.5 Å². The number of amides is 2. The molecule has 0 unspecified atom stereocenters. The quantitative estimate of drug-likeness (QED) is 0.571. The maximum absolute atomic E-state index is 12.9. The van der Waals surface area contributed by atoms with Gasteiger partial charge in [-0.3, -0.25) is 0 Å². The van der Waals surface area contributed by atoms with Crippen molar-refractivity contribution in [3.05, 3.63) is 83.8 Å². The number of hydrogen-bond donors (Lipinski definition) is 2. The zero-order chi connectivity index (χ0) is 20.5. The summed E-state index contributed by atoms with van der Waals surface area (Å²) in [5.41, 5.74) is 2.61. The Hall–Kier alpha value is -3.45. The van der Waals surface area contributed by atoms with Crippen molar-refractivity contribution in [1.82, 2.24) is 10.3 Å². The molecule has 3 aromatic rings. The van der Waals surface area contributed by atoms with Crippen molar-refractivity contribution in [3.63, 3.8) is 0 Å². The molecule has 1 heterocycles. The van der Waals surface area contributed by atoms with Gasteiger partial charge < -0.3 is 20.1 Å². The molecule has 2 aromatic carbocycles. The Kier molecular flexibility index (Phi) is 7.13. The van der Waals surface area contributed by atoms with Gasteiger partial charge in [0.2, 0.25) is 5.88 Å². The number of anilines is 1. The Labute approximate surface area is 168 Å². The lowest BCUT2D eigenvalue weighted by molar-refractivity contribution is 0.134. The summed E-state index contributed by atoms with van der Waals surface area (Å²) >= 11 is 0. The van der Waals surface area contributed by atoms with Crippen molar-refractivity contribution >= 4 is 11.7 Å². The van der Waals surface area contributed by atoms with Gasteiger partial charge in [0.25, 0.3) is 0 Å². The fourth-order valence-corrected chi connectivity index (χ4v) is 2.47. The van der Waals surface area contributed by atoms with E-state index >= 15 is 0 Å². The number of urea groups is 1. The van der Waals surface area contributed by atoms with Crippen LogP contribution in [0, 0.1) is 5.82 Å². The number of carbonyl (C=O) groups is 1. The lowest BCUT2D eigenvalue weighted by Gasteiger charge is -2.09. The first kappa shape index (κ1) is 20.3. The van der Waals surface area contributed by atoms with Gasteiger partial charge in [-0.25, -0.2) is 14.2 Å². The topological polar surface area (TPSA) is 72.5 Å². The summed E-state index contributed by atoms with van der Waals surface area (Å²) in [5, 5.41) is 5.51. The maximum Gasteiger partial charge on any atom is 0.319 e. The first-order valence-electron chi connectivity index (χ1n) is 9.22. The van der Waals surface area contributed by atoms with Crippen LogP contribution in [0.3, 0.4) is 0 Å². The number of nitrogens with zero attached hydrogens (tertiary/aromatic N) is 1. The van der Waals surface area contributed by atoms with Gasteiger partial charge in [0.15, 0.2) is 0 Å². The molecule has 0 aliphatic rings. The van der Waals surface area contributed by atoms with Crippen LogP contribution < -0.4 is 15.4 Å². The third kappa shape index (κ3) is 6.58. The Morgan fingerprint density at radius 3 is 2.38 bits per heavy atom. The number of nitrogens with one attached hydrogen (secondary N) is 2. The van der Waals surface area contributed by atoms with Crippen molar-refractivity contribution < 1.29 is 18.7 Å². The van der Waals surface area contributed by atoms with Gasteiger partial charge in [-0.2, -0.15) is 0 Å². The molecule has 2 amide bonds. The molecule has 1 aromatic heterocycles. The molecule has 0 aliphatic heterocycles. The second-order valence-electron chi connectivity index (χ2n) is 6.20. The molecule has 0 radical (unpaired) electrons. The van der Waals surface area contributed by atoms with E-state index in [4.69, 9.17) is 9.47 Å². The predicted octanol–water partition coefficient (Wildman–Crippen LogP) is 4.87. The van der Waals surface area contributed by atoms with E-state index in [2.05, 4.69) is 15.6 Å². The zero-order valence-corrected chi connectivity index (χ0v) is 16.0.